The summed E-state index contributed by atoms with van der Waals surface area (Å²) in [6.45, 7) is 0. The van der Waals surface area contributed by atoms with Gasteiger partial charge in [-0.25, -0.2) is 4.98 Å². The lowest BCUT2D eigenvalue weighted by Gasteiger charge is -2.14. The lowest BCUT2D eigenvalue weighted by molar-refractivity contribution is -0.137. The first-order valence-electron chi connectivity index (χ1n) is 11.5. The van der Waals surface area contributed by atoms with Crippen molar-refractivity contribution >= 4 is 44.9 Å². The number of carbonyl (C=O) groups excluding carboxylic acids is 1. The molecule has 2 heterocycles. The second-order valence-electron chi connectivity index (χ2n) is 8.50. The zero-order valence-corrected chi connectivity index (χ0v) is 20.7. The van der Waals surface area contributed by atoms with Crippen LogP contribution in [0.4, 0.5) is 18.9 Å². The van der Waals surface area contributed by atoms with E-state index in [0.29, 0.717) is 21.1 Å². The number of anilines is 1. The van der Waals surface area contributed by atoms with Crippen molar-refractivity contribution in [2.45, 2.75) is 43.4 Å². The molecular weight excluding hydrogens is 507 g/mol. The topological polar surface area (TPSA) is 64.0 Å². The van der Waals surface area contributed by atoms with Crippen LogP contribution >= 0.6 is 23.1 Å². The molecule has 0 atom stereocenters. The fourth-order valence-electron chi connectivity index (χ4n) is 4.42. The number of hydrogen-bond donors (Lipinski definition) is 1. The molecule has 1 amide bonds. The van der Waals surface area contributed by atoms with Gasteiger partial charge in [-0.1, -0.05) is 48.5 Å². The standard InChI is InChI=1S/C26H22F3N3O2S2/c27-26(28,29)18-12-7-8-13-19(18)30-21(33)15-35-25-31-23-22(17-11-5-2-6-14-20(17)36-23)24(34)32(25)16-9-3-1-4-10-16/h1,3-4,7-10,12-13H,2,5-6,11,14-15H2,(H,30,33). The maximum Gasteiger partial charge on any atom is 0.418 e. The Labute approximate surface area is 213 Å². The van der Waals surface area contributed by atoms with Crippen LogP contribution in [0.15, 0.2) is 64.5 Å². The molecule has 0 spiro atoms. The number of alkyl halides is 3. The summed E-state index contributed by atoms with van der Waals surface area (Å²) >= 11 is 2.55. The maximum absolute atomic E-state index is 13.8. The highest BCUT2D eigenvalue weighted by atomic mass is 32.2. The first-order valence-corrected chi connectivity index (χ1v) is 13.3. The number of halogens is 3. The Balaban J connectivity index is 1.49. The van der Waals surface area contributed by atoms with Crippen LogP contribution in [-0.4, -0.2) is 21.2 Å². The van der Waals surface area contributed by atoms with Gasteiger partial charge >= 0.3 is 6.18 Å². The first kappa shape index (κ1) is 24.6. The van der Waals surface area contributed by atoms with Gasteiger partial charge < -0.3 is 5.32 Å². The molecule has 5 nitrogen and oxygen atoms in total. The quantitative estimate of drug-likeness (QED) is 0.183. The number of aromatic nitrogens is 2. The molecule has 4 aromatic rings. The summed E-state index contributed by atoms with van der Waals surface area (Å²) in [6.07, 6.45) is 0.408. The molecule has 2 aromatic heterocycles. The van der Waals surface area contributed by atoms with E-state index < -0.39 is 17.6 Å². The monoisotopic (exact) mass is 529 g/mol. The van der Waals surface area contributed by atoms with E-state index in [1.165, 1.54) is 39.0 Å². The molecule has 186 valence electrons. The lowest BCUT2D eigenvalue weighted by atomic mass is 10.1. The number of hydrogen-bond acceptors (Lipinski definition) is 5. The Morgan fingerprint density at radius 2 is 1.75 bits per heavy atom. The molecular formula is C26H22F3N3O2S2. The van der Waals surface area contributed by atoms with Gasteiger partial charge in [-0.3, -0.25) is 14.2 Å². The summed E-state index contributed by atoms with van der Waals surface area (Å²) in [4.78, 5) is 33.0. The SMILES string of the molecule is O=C(CSc1nc2sc3c(c2c(=O)n1-c1ccccc1)CCCCC3)Nc1ccccc1C(F)(F)F. The van der Waals surface area contributed by atoms with Gasteiger partial charge in [0, 0.05) is 4.88 Å². The molecule has 0 fully saturated rings. The Morgan fingerprint density at radius 1 is 1.03 bits per heavy atom. The van der Waals surface area contributed by atoms with E-state index in [2.05, 4.69) is 5.32 Å². The van der Waals surface area contributed by atoms with E-state index in [1.54, 1.807) is 12.1 Å². The highest BCUT2D eigenvalue weighted by Gasteiger charge is 2.33. The van der Waals surface area contributed by atoms with E-state index in [4.69, 9.17) is 4.98 Å². The van der Waals surface area contributed by atoms with Crippen molar-refractivity contribution in [2.24, 2.45) is 0 Å². The van der Waals surface area contributed by atoms with Gasteiger partial charge in [0.2, 0.25) is 5.91 Å². The number of amides is 1. The zero-order valence-electron chi connectivity index (χ0n) is 19.1. The van der Waals surface area contributed by atoms with E-state index in [1.807, 2.05) is 18.2 Å². The number of thiophene rings is 1. The fraction of sp³-hybridized carbons (Fsp3) is 0.269. The van der Waals surface area contributed by atoms with Crippen LogP contribution in [0, 0.1) is 0 Å². The third-order valence-corrected chi connectivity index (χ3v) is 8.19. The third kappa shape index (κ3) is 4.92. The first-order chi connectivity index (χ1) is 17.3. The molecule has 1 aliphatic carbocycles. The van der Waals surface area contributed by atoms with Crippen molar-refractivity contribution in [3.8, 4) is 5.69 Å². The van der Waals surface area contributed by atoms with E-state index >= 15 is 0 Å². The Kier molecular flexibility index (Phi) is 6.90. The average Bonchev–Trinajstić information content (AvgIpc) is 3.04. The Morgan fingerprint density at radius 3 is 2.53 bits per heavy atom. The zero-order chi connectivity index (χ0) is 25.3. The molecule has 0 saturated carbocycles. The third-order valence-electron chi connectivity index (χ3n) is 6.06. The van der Waals surface area contributed by atoms with Crippen LogP contribution in [-0.2, 0) is 23.8 Å². The number of nitrogens with zero attached hydrogens (tertiary/aromatic N) is 2. The molecule has 0 unspecified atom stereocenters. The van der Waals surface area contributed by atoms with Crippen molar-refractivity contribution in [3.63, 3.8) is 0 Å². The Hall–Kier alpha value is -3.11. The normalized spacial score (nSPS) is 13.9. The summed E-state index contributed by atoms with van der Waals surface area (Å²) < 4.78 is 41.4. The van der Waals surface area contributed by atoms with Gasteiger partial charge in [0.15, 0.2) is 5.16 Å². The molecule has 0 radical (unpaired) electrons. The second-order valence-corrected chi connectivity index (χ2v) is 10.5. The average molecular weight is 530 g/mol. The number of para-hydroxylation sites is 2. The Bertz CT molecular complexity index is 1480. The molecule has 0 bridgehead atoms. The summed E-state index contributed by atoms with van der Waals surface area (Å²) in [6, 6.07) is 13.9. The predicted molar refractivity (Wildman–Crippen MR) is 137 cm³/mol. The van der Waals surface area contributed by atoms with Crippen molar-refractivity contribution in [3.05, 3.63) is 81.0 Å². The minimum absolute atomic E-state index is 0.184. The molecule has 1 N–H and O–H groups in total. The largest absolute Gasteiger partial charge is 0.418 e. The van der Waals surface area contributed by atoms with Crippen LogP contribution in [0.5, 0.6) is 0 Å². The van der Waals surface area contributed by atoms with E-state index in [0.717, 1.165) is 55.5 Å². The number of thioether (sulfide) groups is 1. The van der Waals surface area contributed by atoms with Crippen LogP contribution in [0.1, 0.15) is 35.3 Å². The van der Waals surface area contributed by atoms with Crippen molar-refractivity contribution in [1.29, 1.82) is 0 Å². The molecule has 1 aliphatic rings. The minimum atomic E-state index is -4.59. The number of rotatable bonds is 5. The highest BCUT2D eigenvalue weighted by molar-refractivity contribution is 7.99. The molecule has 2 aromatic carbocycles. The summed E-state index contributed by atoms with van der Waals surface area (Å²) in [7, 11) is 0. The smallest absolute Gasteiger partial charge is 0.325 e. The van der Waals surface area contributed by atoms with Gasteiger partial charge in [0.05, 0.1) is 28.1 Å². The summed E-state index contributed by atoms with van der Waals surface area (Å²) in [5.74, 6) is -0.824. The van der Waals surface area contributed by atoms with Gasteiger partial charge in [0.25, 0.3) is 5.56 Å². The number of carbonyl (C=O) groups is 1. The predicted octanol–water partition coefficient (Wildman–Crippen LogP) is 6.47. The van der Waals surface area contributed by atoms with Crippen molar-refractivity contribution in [1.82, 2.24) is 9.55 Å². The number of aryl methyl sites for hydroxylation is 2. The van der Waals surface area contributed by atoms with Gasteiger partial charge in [0.1, 0.15) is 4.83 Å². The molecule has 0 saturated heterocycles. The van der Waals surface area contributed by atoms with Gasteiger partial charge in [-0.15, -0.1) is 11.3 Å². The number of fused-ring (bicyclic) bond motifs is 3. The van der Waals surface area contributed by atoms with Crippen LogP contribution in [0.3, 0.4) is 0 Å². The summed E-state index contributed by atoms with van der Waals surface area (Å²) in [5, 5.41) is 3.31. The second kappa shape index (κ2) is 10.1. The highest BCUT2D eigenvalue weighted by Crippen LogP contribution is 2.36. The minimum Gasteiger partial charge on any atom is -0.325 e. The molecule has 10 heteroatoms. The fourth-order valence-corrected chi connectivity index (χ4v) is 6.54. The molecule has 5 rings (SSSR count). The maximum atomic E-state index is 13.8. The van der Waals surface area contributed by atoms with Crippen LogP contribution in [0.2, 0.25) is 0 Å². The molecule has 0 aliphatic heterocycles. The lowest BCUT2D eigenvalue weighted by Crippen LogP contribution is -2.23. The molecule has 36 heavy (non-hydrogen) atoms. The van der Waals surface area contributed by atoms with Crippen LogP contribution < -0.4 is 10.9 Å². The van der Waals surface area contributed by atoms with Crippen LogP contribution in [0.25, 0.3) is 15.9 Å². The number of nitrogens with one attached hydrogen (secondary N) is 1. The van der Waals surface area contributed by atoms with Gasteiger partial charge in [-0.05, 0) is 55.5 Å². The van der Waals surface area contributed by atoms with Crippen molar-refractivity contribution < 1.29 is 18.0 Å². The summed E-state index contributed by atoms with van der Waals surface area (Å²) in [5.41, 5.74) is 0.296. The van der Waals surface area contributed by atoms with E-state index in [9.17, 15) is 22.8 Å². The van der Waals surface area contributed by atoms with Gasteiger partial charge in [-0.2, -0.15) is 13.2 Å². The number of benzene rings is 2. The van der Waals surface area contributed by atoms with Crippen molar-refractivity contribution in [2.75, 3.05) is 11.1 Å². The van der Waals surface area contributed by atoms with E-state index in [-0.39, 0.29) is 17.0 Å².